The van der Waals surface area contributed by atoms with Gasteiger partial charge in [0, 0.05) is 0 Å². The van der Waals surface area contributed by atoms with Crippen LogP contribution in [0.15, 0.2) is 0 Å². The SMILES string of the molecule is CN1CN2C(=O)N3CN(C)CN4C(=O)N(C1)C2C34. The Labute approximate surface area is 105 Å². The van der Waals surface area contributed by atoms with Crippen LogP contribution in [0.25, 0.3) is 0 Å². The van der Waals surface area contributed by atoms with Crippen molar-refractivity contribution in [1.29, 1.82) is 0 Å². The Hall–Kier alpha value is -1.54. The molecule has 4 aliphatic heterocycles. The first-order valence-corrected chi connectivity index (χ1v) is 6.09. The first-order valence-electron chi connectivity index (χ1n) is 6.09. The molecule has 4 amide bonds. The van der Waals surface area contributed by atoms with Crippen molar-refractivity contribution in [3.63, 3.8) is 0 Å². The Morgan fingerprint density at radius 3 is 1.28 bits per heavy atom. The summed E-state index contributed by atoms with van der Waals surface area (Å²) in [6.45, 7) is 2.38. The minimum absolute atomic E-state index is 0.0330. The minimum Gasteiger partial charge on any atom is -0.287 e. The zero-order valence-electron chi connectivity index (χ0n) is 10.5. The number of hydrogen-bond acceptors (Lipinski definition) is 4. The van der Waals surface area contributed by atoms with Crippen molar-refractivity contribution in [2.45, 2.75) is 12.3 Å². The summed E-state index contributed by atoms with van der Waals surface area (Å²) in [5.41, 5.74) is 0. The zero-order chi connectivity index (χ0) is 12.6. The van der Waals surface area contributed by atoms with Crippen LogP contribution < -0.4 is 0 Å². The molecule has 4 rings (SSSR count). The molecule has 4 fully saturated rings. The Balaban J connectivity index is 1.80. The van der Waals surface area contributed by atoms with Gasteiger partial charge in [0.25, 0.3) is 0 Å². The summed E-state index contributed by atoms with van der Waals surface area (Å²) in [6.07, 6.45) is -0.204. The van der Waals surface area contributed by atoms with Crippen LogP contribution in [0, 0.1) is 0 Å². The van der Waals surface area contributed by atoms with Gasteiger partial charge < -0.3 is 0 Å². The van der Waals surface area contributed by atoms with Crippen molar-refractivity contribution in [2.75, 3.05) is 40.8 Å². The number of hydrogen-bond donors (Lipinski definition) is 0. The van der Waals surface area contributed by atoms with E-state index in [9.17, 15) is 9.59 Å². The maximum Gasteiger partial charge on any atom is 0.325 e. The van der Waals surface area contributed by atoms with Crippen LogP contribution in [-0.2, 0) is 0 Å². The van der Waals surface area contributed by atoms with Crippen molar-refractivity contribution >= 4 is 12.1 Å². The van der Waals surface area contributed by atoms with Gasteiger partial charge in [0.2, 0.25) is 0 Å². The number of urea groups is 2. The molecule has 0 aromatic carbocycles. The van der Waals surface area contributed by atoms with Crippen LogP contribution in [0.2, 0.25) is 0 Å². The molecule has 4 aliphatic rings. The number of rotatable bonds is 0. The normalized spacial score (nSPS) is 35.9. The monoisotopic (exact) mass is 252 g/mol. The van der Waals surface area contributed by atoms with Crippen molar-refractivity contribution in [2.24, 2.45) is 0 Å². The number of amides is 4. The van der Waals surface area contributed by atoms with Gasteiger partial charge in [-0.25, -0.2) is 9.59 Å². The van der Waals surface area contributed by atoms with E-state index in [1.54, 1.807) is 19.6 Å². The molecule has 0 aromatic heterocycles. The Kier molecular flexibility index (Phi) is 1.77. The predicted molar refractivity (Wildman–Crippen MR) is 60.7 cm³/mol. The quantitative estimate of drug-likeness (QED) is 0.545. The second-order valence-corrected chi connectivity index (χ2v) is 5.55. The van der Waals surface area contributed by atoms with E-state index in [2.05, 4.69) is 0 Å². The fourth-order valence-electron chi connectivity index (χ4n) is 3.47. The second-order valence-electron chi connectivity index (χ2n) is 5.55. The molecule has 0 spiro atoms. The summed E-state index contributed by atoms with van der Waals surface area (Å²) in [5, 5.41) is 0. The molecule has 8 heteroatoms. The van der Waals surface area contributed by atoms with Gasteiger partial charge in [-0.1, -0.05) is 0 Å². The van der Waals surface area contributed by atoms with Gasteiger partial charge in [0.15, 0.2) is 12.3 Å². The lowest BCUT2D eigenvalue weighted by Crippen LogP contribution is -2.59. The van der Waals surface area contributed by atoms with E-state index >= 15 is 0 Å². The van der Waals surface area contributed by atoms with Crippen molar-refractivity contribution < 1.29 is 9.59 Å². The smallest absolute Gasteiger partial charge is 0.287 e. The molecule has 0 bridgehead atoms. The van der Waals surface area contributed by atoms with Crippen LogP contribution >= 0.6 is 0 Å². The van der Waals surface area contributed by atoms with Crippen LogP contribution in [0.5, 0.6) is 0 Å². The van der Waals surface area contributed by atoms with Crippen LogP contribution in [-0.4, -0.2) is 94.6 Å². The number of carbonyl (C=O) groups is 2. The average molecular weight is 252 g/mol. The van der Waals surface area contributed by atoms with E-state index in [-0.39, 0.29) is 24.4 Å². The molecule has 0 N–H and O–H groups in total. The molecule has 18 heavy (non-hydrogen) atoms. The van der Waals surface area contributed by atoms with Gasteiger partial charge in [-0.05, 0) is 14.1 Å². The first-order chi connectivity index (χ1) is 8.58. The molecule has 0 unspecified atom stereocenters. The van der Waals surface area contributed by atoms with Crippen LogP contribution in [0.4, 0.5) is 9.59 Å². The Morgan fingerprint density at radius 2 is 1.00 bits per heavy atom. The first kappa shape index (κ1) is 10.4. The number of carbonyl (C=O) groups excluding carboxylic acids is 2. The fourth-order valence-corrected chi connectivity index (χ4v) is 3.47. The van der Waals surface area contributed by atoms with Gasteiger partial charge in [-0.15, -0.1) is 0 Å². The van der Waals surface area contributed by atoms with E-state index in [0.717, 1.165) is 0 Å². The summed E-state index contributed by atoms with van der Waals surface area (Å²) < 4.78 is 0. The van der Waals surface area contributed by atoms with E-state index in [1.165, 1.54) is 0 Å². The van der Waals surface area contributed by atoms with Crippen molar-refractivity contribution in [1.82, 2.24) is 29.4 Å². The largest absolute Gasteiger partial charge is 0.325 e. The van der Waals surface area contributed by atoms with Gasteiger partial charge in [-0.3, -0.25) is 29.4 Å². The predicted octanol–water partition coefficient (Wildman–Crippen LogP) is -1.17. The maximum atomic E-state index is 12.4. The van der Waals surface area contributed by atoms with Gasteiger partial charge in [-0.2, -0.15) is 0 Å². The molecular formula is C10H16N6O2. The van der Waals surface area contributed by atoms with Crippen molar-refractivity contribution in [3.05, 3.63) is 0 Å². The minimum atomic E-state index is -0.102. The van der Waals surface area contributed by atoms with E-state index in [0.29, 0.717) is 26.7 Å². The summed E-state index contributed by atoms with van der Waals surface area (Å²) in [4.78, 5) is 35.9. The van der Waals surface area contributed by atoms with E-state index < -0.39 is 0 Å². The Bertz CT molecular complexity index is 370. The van der Waals surface area contributed by atoms with Crippen molar-refractivity contribution in [3.8, 4) is 0 Å². The lowest BCUT2D eigenvalue weighted by Gasteiger charge is -2.40. The molecule has 4 saturated heterocycles. The average Bonchev–Trinajstić information content (AvgIpc) is 2.75. The molecule has 0 aromatic rings. The lowest BCUT2D eigenvalue weighted by atomic mass is 10.3. The molecule has 0 saturated carbocycles. The fraction of sp³-hybridized carbons (Fsp3) is 0.800. The molecule has 8 nitrogen and oxygen atoms in total. The van der Waals surface area contributed by atoms with E-state index in [1.807, 2.05) is 23.9 Å². The topological polar surface area (TPSA) is 53.6 Å². The van der Waals surface area contributed by atoms with Crippen LogP contribution in [0.1, 0.15) is 0 Å². The highest BCUT2D eigenvalue weighted by Crippen LogP contribution is 2.38. The van der Waals surface area contributed by atoms with Gasteiger partial charge in [0.05, 0.1) is 26.7 Å². The summed E-state index contributed by atoms with van der Waals surface area (Å²) in [5.74, 6) is 0. The van der Waals surface area contributed by atoms with Gasteiger partial charge in [0.1, 0.15) is 0 Å². The number of nitrogens with zero attached hydrogens (tertiary/aromatic N) is 6. The van der Waals surface area contributed by atoms with Crippen LogP contribution in [0.3, 0.4) is 0 Å². The van der Waals surface area contributed by atoms with E-state index in [4.69, 9.17) is 0 Å². The summed E-state index contributed by atoms with van der Waals surface area (Å²) in [7, 11) is 3.85. The molecular weight excluding hydrogens is 236 g/mol. The summed E-state index contributed by atoms with van der Waals surface area (Å²) >= 11 is 0. The third-order valence-electron chi connectivity index (χ3n) is 4.10. The molecule has 4 heterocycles. The highest BCUT2D eigenvalue weighted by Gasteiger charge is 2.62. The molecule has 0 atom stereocenters. The molecule has 0 radical (unpaired) electrons. The zero-order valence-corrected chi connectivity index (χ0v) is 10.5. The summed E-state index contributed by atoms with van der Waals surface area (Å²) in [6, 6.07) is 0.0659. The standard InChI is InChI=1S/C10H16N6O2/c1-11-3-13-7-8-15(9(13)17)5-12(2)6-16(8)10(18)14(7)4-11/h7-8H,3-6H2,1-2H3. The highest BCUT2D eigenvalue weighted by molar-refractivity contribution is 5.85. The van der Waals surface area contributed by atoms with Gasteiger partial charge >= 0.3 is 12.1 Å². The second kappa shape index (κ2) is 3.07. The molecule has 0 aliphatic carbocycles. The Morgan fingerprint density at radius 1 is 0.722 bits per heavy atom. The third-order valence-corrected chi connectivity index (χ3v) is 4.10. The molecule has 98 valence electrons. The third kappa shape index (κ3) is 1.03. The lowest BCUT2D eigenvalue weighted by molar-refractivity contribution is -0.0106. The highest BCUT2D eigenvalue weighted by atomic mass is 16.2. The maximum absolute atomic E-state index is 12.4.